The number of carbonyl (C=O) groups is 3. The molecule has 1 N–H and O–H groups in total. The van der Waals surface area contributed by atoms with Crippen molar-refractivity contribution in [1.29, 1.82) is 0 Å². The van der Waals surface area contributed by atoms with Gasteiger partial charge in [-0.05, 0) is 50.1 Å². The van der Waals surface area contributed by atoms with Crippen LogP contribution < -0.4 is 9.64 Å². The van der Waals surface area contributed by atoms with Gasteiger partial charge >= 0.3 is 5.97 Å². The van der Waals surface area contributed by atoms with E-state index in [1.54, 1.807) is 28.7 Å². The quantitative estimate of drug-likeness (QED) is 0.316. The van der Waals surface area contributed by atoms with Crippen LogP contribution in [0.5, 0.6) is 5.75 Å². The summed E-state index contributed by atoms with van der Waals surface area (Å²) < 4.78 is 9.24. The molecule has 2 saturated heterocycles. The van der Waals surface area contributed by atoms with E-state index in [4.69, 9.17) is 14.6 Å². The van der Waals surface area contributed by atoms with Gasteiger partial charge in [0.25, 0.3) is 5.91 Å². The number of methoxy groups -OCH3 is 1. The van der Waals surface area contributed by atoms with Crippen LogP contribution in [0.25, 0.3) is 0 Å². The monoisotopic (exact) mass is 526 g/mol. The molecule has 4 aliphatic heterocycles. The molecule has 5 rings (SSSR count). The zero-order valence-electron chi connectivity index (χ0n) is 21.3. The van der Waals surface area contributed by atoms with E-state index in [0.717, 1.165) is 24.9 Å². The van der Waals surface area contributed by atoms with E-state index in [9.17, 15) is 14.4 Å². The first-order chi connectivity index (χ1) is 17.9. The second-order valence-corrected chi connectivity index (χ2v) is 12.0. The van der Waals surface area contributed by atoms with Crippen molar-refractivity contribution in [3.8, 4) is 5.75 Å². The molecule has 198 valence electrons. The van der Waals surface area contributed by atoms with E-state index in [-0.39, 0.29) is 31.0 Å². The summed E-state index contributed by atoms with van der Waals surface area (Å²) in [7, 11) is 1.60. The zero-order chi connectivity index (χ0) is 26.2. The molecule has 5 atom stereocenters. The van der Waals surface area contributed by atoms with E-state index in [1.165, 1.54) is 0 Å². The Bertz CT molecular complexity index is 1120. The summed E-state index contributed by atoms with van der Waals surface area (Å²) in [4.78, 5) is 45.1. The first kappa shape index (κ1) is 25.9. The summed E-state index contributed by atoms with van der Waals surface area (Å²) in [5.41, 5.74) is 0.731. The number of rotatable bonds is 8. The highest BCUT2D eigenvalue weighted by atomic mass is 32.2. The summed E-state index contributed by atoms with van der Waals surface area (Å²) in [6, 6.07) is 6.60. The molecule has 1 aromatic rings. The number of amides is 2. The third-order valence-electron chi connectivity index (χ3n) is 8.00. The smallest absolute Gasteiger partial charge is 0.311 e. The van der Waals surface area contributed by atoms with Gasteiger partial charge in [0.05, 0.1) is 23.7 Å². The largest absolute Gasteiger partial charge is 0.497 e. The fourth-order valence-electron chi connectivity index (χ4n) is 6.34. The number of benzene rings is 1. The van der Waals surface area contributed by atoms with Gasteiger partial charge in [0.2, 0.25) is 5.91 Å². The van der Waals surface area contributed by atoms with Crippen molar-refractivity contribution >= 4 is 35.2 Å². The Kier molecular flexibility index (Phi) is 7.11. The molecule has 1 aromatic carbocycles. The molecule has 9 heteroatoms. The number of hydrogen-bond donors (Lipinski definition) is 1. The Labute approximate surface area is 221 Å². The molecule has 2 amide bonds. The average Bonchev–Trinajstić information content (AvgIpc) is 3.14. The number of ether oxygens (including phenoxy) is 2. The SMILES string of the molecule is COc1ccc(N2CC=C[C@]34S[C@]5(C)C=CCOC(=O)[C@@H]5[C@H]3C(=O)N(CCCCCCO)C4C2=O)cc1. The molecule has 0 bridgehead atoms. The normalized spacial score (nSPS) is 32.5. The molecular weight excluding hydrogens is 492 g/mol. The predicted molar refractivity (Wildman–Crippen MR) is 141 cm³/mol. The number of unbranched alkanes of at least 4 members (excludes halogenated alkanes) is 3. The molecule has 0 saturated carbocycles. The lowest BCUT2D eigenvalue weighted by Gasteiger charge is -2.36. The van der Waals surface area contributed by atoms with Crippen LogP contribution in [0.3, 0.4) is 0 Å². The maximum absolute atomic E-state index is 14.4. The number of thioether (sulfide) groups is 1. The molecule has 4 aliphatic rings. The van der Waals surface area contributed by atoms with E-state index < -0.39 is 27.4 Å². The van der Waals surface area contributed by atoms with Crippen molar-refractivity contribution in [2.24, 2.45) is 11.8 Å². The topological polar surface area (TPSA) is 96.4 Å². The number of hydrogen-bond acceptors (Lipinski definition) is 7. The standard InChI is InChI=1S/C28H34N2O6S/c1-27-13-8-18-36-26(34)22(27)21-24(32)30(15-5-3-4-6-17-31)23-25(33)29(16-7-14-28(21,23)37-27)19-9-11-20(35-2)12-10-19/h7-14,21-23,31H,3-6,15-18H2,1-2H3/t21-,22-,23?,27+,28-/m0/s1. The highest BCUT2D eigenvalue weighted by Crippen LogP contribution is 2.65. The number of esters is 1. The van der Waals surface area contributed by atoms with Crippen LogP contribution >= 0.6 is 11.8 Å². The molecule has 0 radical (unpaired) electrons. The van der Waals surface area contributed by atoms with Gasteiger partial charge in [0.15, 0.2) is 0 Å². The third-order valence-corrected chi connectivity index (χ3v) is 9.80. The number of cyclic esters (lactones) is 1. The van der Waals surface area contributed by atoms with Crippen molar-refractivity contribution < 1.29 is 29.0 Å². The van der Waals surface area contributed by atoms with Crippen molar-refractivity contribution in [2.75, 3.05) is 38.3 Å². The predicted octanol–water partition coefficient (Wildman–Crippen LogP) is 2.95. The fraction of sp³-hybridized carbons (Fsp3) is 0.536. The van der Waals surface area contributed by atoms with E-state index in [0.29, 0.717) is 25.3 Å². The van der Waals surface area contributed by atoms with Gasteiger partial charge in [0, 0.05) is 30.1 Å². The number of aliphatic hydroxyl groups excluding tert-OH is 1. The number of likely N-dealkylation sites (tertiary alicyclic amines) is 1. The van der Waals surface area contributed by atoms with Crippen LogP contribution in [0.4, 0.5) is 5.69 Å². The second-order valence-electron chi connectivity index (χ2n) is 10.2. The van der Waals surface area contributed by atoms with Gasteiger partial charge < -0.3 is 24.4 Å². The molecular formula is C28H34N2O6S. The minimum absolute atomic E-state index is 0.142. The summed E-state index contributed by atoms with van der Waals surface area (Å²) in [5.74, 6) is -1.34. The van der Waals surface area contributed by atoms with Crippen LogP contribution in [0, 0.1) is 11.8 Å². The third kappa shape index (κ3) is 4.26. The fourth-order valence-corrected chi connectivity index (χ4v) is 8.49. The van der Waals surface area contributed by atoms with E-state index in [1.807, 2.05) is 55.5 Å². The summed E-state index contributed by atoms with van der Waals surface area (Å²) in [6.45, 7) is 3.11. The van der Waals surface area contributed by atoms with Crippen LogP contribution in [-0.2, 0) is 19.1 Å². The molecule has 37 heavy (non-hydrogen) atoms. The lowest BCUT2D eigenvalue weighted by atomic mass is 9.75. The maximum Gasteiger partial charge on any atom is 0.311 e. The molecule has 0 aromatic heterocycles. The van der Waals surface area contributed by atoms with Crippen molar-refractivity contribution in [2.45, 2.75) is 48.1 Å². The van der Waals surface area contributed by atoms with Gasteiger partial charge in [-0.15, -0.1) is 11.8 Å². The highest BCUT2D eigenvalue weighted by Gasteiger charge is 2.74. The molecule has 2 fully saturated rings. The van der Waals surface area contributed by atoms with Crippen LogP contribution in [-0.4, -0.2) is 76.7 Å². The van der Waals surface area contributed by atoms with Crippen LogP contribution in [0.15, 0.2) is 48.6 Å². The first-order valence-electron chi connectivity index (χ1n) is 13.0. The number of carbonyl (C=O) groups excluding carboxylic acids is 3. The van der Waals surface area contributed by atoms with Crippen LogP contribution in [0.2, 0.25) is 0 Å². The highest BCUT2D eigenvalue weighted by molar-refractivity contribution is 8.02. The lowest BCUT2D eigenvalue weighted by Crippen LogP contribution is -2.53. The van der Waals surface area contributed by atoms with E-state index in [2.05, 4.69) is 0 Å². The minimum atomic E-state index is -0.874. The van der Waals surface area contributed by atoms with Crippen molar-refractivity contribution in [3.05, 3.63) is 48.6 Å². The summed E-state index contributed by atoms with van der Waals surface area (Å²) in [5, 5.41) is 9.12. The number of nitrogens with zero attached hydrogens (tertiary/aromatic N) is 2. The first-order valence-corrected chi connectivity index (χ1v) is 13.8. The second kappa shape index (κ2) is 10.2. The Morgan fingerprint density at radius 3 is 2.51 bits per heavy atom. The Morgan fingerprint density at radius 1 is 1.03 bits per heavy atom. The number of aliphatic hydroxyl groups is 1. The average molecular weight is 527 g/mol. The number of anilines is 1. The van der Waals surface area contributed by atoms with Gasteiger partial charge in [-0.25, -0.2) is 0 Å². The zero-order valence-corrected chi connectivity index (χ0v) is 22.1. The minimum Gasteiger partial charge on any atom is -0.497 e. The van der Waals surface area contributed by atoms with Gasteiger partial charge in [-0.1, -0.05) is 31.1 Å². The Hall–Kier alpha value is -2.78. The van der Waals surface area contributed by atoms with Crippen molar-refractivity contribution in [1.82, 2.24) is 4.90 Å². The molecule has 4 heterocycles. The summed E-state index contributed by atoms with van der Waals surface area (Å²) >= 11 is 1.55. The molecule has 1 unspecified atom stereocenters. The number of fused-ring (bicyclic) bond motifs is 2. The van der Waals surface area contributed by atoms with Gasteiger partial charge in [0.1, 0.15) is 18.4 Å². The molecule has 8 nitrogen and oxygen atoms in total. The molecule has 0 aliphatic carbocycles. The van der Waals surface area contributed by atoms with Crippen molar-refractivity contribution in [3.63, 3.8) is 0 Å². The van der Waals surface area contributed by atoms with Gasteiger partial charge in [-0.3, -0.25) is 14.4 Å². The maximum atomic E-state index is 14.4. The lowest BCUT2D eigenvalue weighted by molar-refractivity contribution is -0.152. The van der Waals surface area contributed by atoms with Gasteiger partial charge in [-0.2, -0.15) is 0 Å². The van der Waals surface area contributed by atoms with E-state index >= 15 is 0 Å². The van der Waals surface area contributed by atoms with Crippen LogP contribution in [0.1, 0.15) is 32.6 Å². The Balaban J connectivity index is 1.54. The summed E-state index contributed by atoms with van der Waals surface area (Å²) in [6.07, 6.45) is 10.9. The molecule has 1 spiro atoms. The Morgan fingerprint density at radius 2 is 1.78 bits per heavy atom.